The highest BCUT2D eigenvalue weighted by atomic mass is 32.1. The molecule has 2 aromatic rings. The van der Waals surface area contributed by atoms with Crippen LogP contribution in [-0.4, -0.2) is 29.1 Å². The second kappa shape index (κ2) is 6.50. The topological polar surface area (TPSA) is 40.5 Å². The van der Waals surface area contributed by atoms with Crippen molar-refractivity contribution in [2.75, 3.05) is 13.1 Å². The molecule has 0 fully saturated rings. The summed E-state index contributed by atoms with van der Waals surface area (Å²) in [5, 5.41) is 10.0. The Hall–Kier alpha value is -1.65. The van der Waals surface area contributed by atoms with Crippen molar-refractivity contribution < 1.29 is 9.90 Å². The van der Waals surface area contributed by atoms with E-state index in [-0.39, 0.29) is 5.41 Å². The Kier molecular flexibility index (Phi) is 4.44. The van der Waals surface area contributed by atoms with Crippen molar-refractivity contribution in [3.05, 3.63) is 45.3 Å². The smallest absolute Gasteiger partial charge is 0.337 e. The number of thiophene rings is 1. The fourth-order valence-corrected chi connectivity index (χ4v) is 5.85. The maximum atomic E-state index is 12.2. The molecule has 1 aromatic carbocycles. The van der Waals surface area contributed by atoms with Crippen LogP contribution in [0.2, 0.25) is 0 Å². The first-order chi connectivity index (χ1) is 12.4. The van der Waals surface area contributed by atoms with Gasteiger partial charge in [0.25, 0.3) is 0 Å². The number of fused-ring (bicyclic) bond motifs is 2. The average molecular weight is 370 g/mol. The molecule has 1 aliphatic carbocycles. The van der Waals surface area contributed by atoms with Crippen LogP contribution >= 0.6 is 11.3 Å². The first-order valence-corrected chi connectivity index (χ1v) is 10.4. The Bertz CT molecular complexity index is 865. The van der Waals surface area contributed by atoms with Crippen molar-refractivity contribution in [2.45, 2.75) is 53.0 Å². The molecule has 2 heterocycles. The highest BCUT2D eigenvalue weighted by molar-refractivity contribution is 7.16. The van der Waals surface area contributed by atoms with Crippen LogP contribution in [0.15, 0.2) is 18.2 Å². The van der Waals surface area contributed by atoms with E-state index in [9.17, 15) is 9.90 Å². The van der Waals surface area contributed by atoms with Crippen molar-refractivity contribution in [1.29, 1.82) is 0 Å². The maximum Gasteiger partial charge on any atom is 0.337 e. The van der Waals surface area contributed by atoms with E-state index >= 15 is 0 Å². The van der Waals surface area contributed by atoms with E-state index in [1.807, 2.05) is 0 Å². The van der Waals surface area contributed by atoms with Crippen molar-refractivity contribution in [3.63, 3.8) is 0 Å². The first kappa shape index (κ1) is 17.7. The quantitative estimate of drug-likeness (QED) is 0.827. The maximum absolute atomic E-state index is 12.2. The summed E-state index contributed by atoms with van der Waals surface area (Å²) in [6.45, 7) is 9.80. The third kappa shape index (κ3) is 2.99. The van der Waals surface area contributed by atoms with Crippen LogP contribution in [0.5, 0.6) is 0 Å². The van der Waals surface area contributed by atoms with Gasteiger partial charge in [0, 0.05) is 22.8 Å². The second-order valence-corrected chi connectivity index (χ2v) is 9.52. The van der Waals surface area contributed by atoms with Gasteiger partial charge in [-0.15, -0.1) is 11.3 Å². The zero-order valence-corrected chi connectivity index (χ0v) is 16.7. The number of hydrogen-bond acceptors (Lipinski definition) is 3. The second-order valence-electron chi connectivity index (χ2n) is 8.42. The van der Waals surface area contributed by atoms with E-state index in [4.69, 9.17) is 0 Å². The molecule has 0 saturated carbocycles. The molecule has 0 atom stereocenters. The summed E-state index contributed by atoms with van der Waals surface area (Å²) < 4.78 is 0. The molecule has 138 valence electrons. The van der Waals surface area contributed by atoms with E-state index in [1.54, 1.807) is 11.3 Å². The van der Waals surface area contributed by atoms with Crippen molar-refractivity contribution in [2.24, 2.45) is 5.41 Å². The molecular weight excluding hydrogens is 342 g/mol. The highest BCUT2D eigenvalue weighted by Crippen LogP contribution is 2.46. The van der Waals surface area contributed by atoms with Crippen LogP contribution in [0.1, 0.15) is 59.1 Å². The zero-order chi connectivity index (χ0) is 18.5. The highest BCUT2D eigenvalue weighted by Gasteiger charge is 2.33. The van der Waals surface area contributed by atoms with Crippen LogP contribution in [0, 0.1) is 5.41 Å². The summed E-state index contributed by atoms with van der Waals surface area (Å²) in [5.41, 5.74) is 5.73. The molecule has 0 unspecified atom stereocenters. The molecule has 1 N–H and O–H groups in total. The average Bonchev–Trinajstić information content (AvgIpc) is 2.97. The van der Waals surface area contributed by atoms with Crippen LogP contribution in [0.3, 0.4) is 0 Å². The van der Waals surface area contributed by atoms with Gasteiger partial charge in [0.2, 0.25) is 0 Å². The van der Waals surface area contributed by atoms with Crippen LogP contribution in [-0.2, 0) is 25.8 Å². The summed E-state index contributed by atoms with van der Waals surface area (Å²) in [4.78, 5) is 16.9. The number of carboxylic acids is 1. The fourth-order valence-electron chi connectivity index (χ4n) is 4.49. The van der Waals surface area contributed by atoms with Crippen molar-refractivity contribution in [3.8, 4) is 10.4 Å². The SMILES string of the molecule is CCN1CCc2c(cccc2-c2sc3c(c2C(=O)O)CC(C)(C)CC3)C1. The number of likely N-dealkylation sites (N-methyl/N-ethyl adjacent to an activating group) is 1. The predicted octanol–water partition coefficient (Wildman–Crippen LogP) is 5.01. The minimum atomic E-state index is -0.765. The van der Waals surface area contributed by atoms with Gasteiger partial charge in [-0.2, -0.15) is 0 Å². The van der Waals surface area contributed by atoms with E-state index in [0.717, 1.165) is 61.3 Å². The van der Waals surface area contributed by atoms with Crippen molar-refractivity contribution in [1.82, 2.24) is 4.90 Å². The van der Waals surface area contributed by atoms with Crippen LogP contribution < -0.4 is 0 Å². The monoisotopic (exact) mass is 369 g/mol. The van der Waals surface area contributed by atoms with Crippen LogP contribution in [0.4, 0.5) is 0 Å². The van der Waals surface area contributed by atoms with Crippen molar-refractivity contribution >= 4 is 17.3 Å². The van der Waals surface area contributed by atoms with Gasteiger partial charge < -0.3 is 5.11 Å². The summed E-state index contributed by atoms with van der Waals surface area (Å²) in [5.74, 6) is -0.765. The number of aromatic carboxylic acids is 1. The minimum absolute atomic E-state index is 0.188. The molecule has 0 saturated heterocycles. The lowest BCUT2D eigenvalue weighted by atomic mass is 9.75. The number of carbonyl (C=O) groups is 1. The van der Waals surface area contributed by atoms with E-state index in [0.29, 0.717) is 5.56 Å². The molecule has 0 bridgehead atoms. The normalized spacial score (nSPS) is 19.0. The number of carboxylic acid groups (broad SMARTS) is 1. The Balaban J connectivity index is 1.85. The Morgan fingerprint density at radius 2 is 2.08 bits per heavy atom. The van der Waals surface area contributed by atoms with Gasteiger partial charge in [-0.25, -0.2) is 4.79 Å². The fraction of sp³-hybridized carbons (Fsp3) is 0.500. The molecule has 3 nitrogen and oxygen atoms in total. The molecule has 1 aliphatic heterocycles. The molecular formula is C22H27NO2S. The number of rotatable bonds is 3. The Labute approximate surface area is 159 Å². The lowest BCUT2D eigenvalue weighted by Gasteiger charge is -2.29. The summed E-state index contributed by atoms with van der Waals surface area (Å²) >= 11 is 1.73. The molecule has 0 spiro atoms. The van der Waals surface area contributed by atoms with Gasteiger partial charge in [0.1, 0.15) is 0 Å². The number of nitrogens with zero attached hydrogens (tertiary/aromatic N) is 1. The summed E-state index contributed by atoms with van der Waals surface area (Å²) in [6.07, 6.45) is 4.02. The molecule has 26 heavy (non-hydrogen) atoms. The lowest BCUT2D eigenvalue weighted by molar-refractivity contribution is 0.0696. The zero-order valence-electron chi connectivity index (χ0n) is 15.9. The summed E-state index contributed by atoms with van der Waals surface area (Å²) in [7, 11) is 0. The van der Waals surface area contributed by atoms with E-state index < -0.39 is 5.97 Å². The standard InChI is InChI=1S/C22H27NO2S/c1-4-23-11-9-15-14(13-23)6-5-7-16(15)20-19(21(24)25)17-12-22(2,3)10-8-18(17)26-20/h5-7H,4,8-13H2,1-3H3,(H,24,25). The van der Waals surface area contributed by atoms with Crippen LogP contribution in [0.25, 0.3) is 10.4 Å². The molecule has 4 rings (SSSR count). The van der Waals surface area contributed by atoms with E-state index in [2.05, 4.69) is 43.9 Å². The minimum Gasteiger partial charge on any atom is -0.478 e. The molecule has 2 aliphatic rings. The molecule has 0 radical (unpaired) electrons. The Morgan fingerprint density at radius 3 is 2.81 bits per heavy atom. The van der Waals surface area contributed by atoms with E-state index in [1.165, 1.54) is 16.0 Å². The number of hydrogen-bond donors (Lipinski definition) is 1. The molecule has 0 amide bonds. The van der Waals surface area contributed by atoms with Gasteiger partial charge in [0.05, 0.1) is 5.56 Å². The largest absolute Gasteiger partial charge is 0.478 e. The predicted molar refractivity (Wildman–Crippen MR) is 107 cm³/mol. The summed E-state index contributed by atoms with van der Waals surface area (Å²) in [6, 6.07) is 6.44. The third-order valence-corrected chi connectivity index (χ3v) is 7.35. The Morgan fingerprint density at radius 1 is 1.27 bits per heavy atom. The van der Waals surface area contributed by atoms with Gasteiger partial charge in [-0.05, 0) is 59.9 Å². The van der Waals surface area contributed by atoms with Gasteiger partial charge >= 0.3 is 5.97 Å². The van der Waals surface area contributed by atoms with Gasteiger partial charge in [-0.3, -0.25) is 4.90 Å². The first-order valence-electron chi connectivity index (χ1n) is 9.61. The number of benzene rings is 1. The van der Waals surface area contributed by atoms with Gasteiger partial charge in [-0.1, -0.05) is 39.0 Å². The molecule has 4 heteroatoms. The van der Waals surface area contributed by atoms with Gasteiger partial charge in [0.15, 0.2) is 0 Å². The molecule has 1 aromatic heterocycles. The third-order valence-electron chi connectivity index (χ3n) is 6.03. The lowest BCUT2D eigenvalue weighted by Crippen LogP contribution is -2.30. The number of aryl methyl sites for hydroxylation is 1.